The van der Waals surface area contributed by atoms with Crippen LogP contribution in [0.4, 0.5) is 0 Å². The highest BCUT2D eigenvalue weighted by Gasteiger charge is 2.09. The second kappa shape index (κ2) is 8.83. The van der Waals surface area contributed by atoms with E-state index >= 15 is 0 Å². The van der Waals surface area contributed by atoms with Gasteiger partial charge in [0.25, 0.3) is 0 Å². The van der Waals surface area contributed by atoms with Gasteiger partial charge in [-0.1, -0.05) is 47.5 Å². The summed E-state index contributed by atoms with van der Waals surface area (Å²) in [5.74, 6) is 0. The molecule has 0 aliphatic carbocycles. The van der Waals surface area contributed by atoms with Gasteiger partial charge in [-0.25, -0.2) is 4.68 Å². The van der Waals surface area contributed by atoms with Crippen molar-refractivity contribution in [2.75, 3.05) is 6.54 Å². The van der Waals surface area contributed by atoms with Crippen LogP contribution in [0.25, 0.3) is 11.3 Å². The van der Waals surface area contributed by atoms with Gasteiger partial charge in [0, 0.05) is 10.9 Å². The first-order valence-electron chi connectivity index (χ1n) is 7.94. The molecule has 0 saturated carbocycles. The molecule has 0 radical (unpaired) electrons. The van der Waals surface area contributed by atoms with E-state index in [0.29, 0.717) is 22.2 Å². The minimum absolute atomic E-state index is 0.479. The molecule has 134 valence electrons. The van der Waals surface area contributed by atoms with E-state index in [1.54, 1.807) is 41.2 Å². The Morgan fingerprint density at radius 3 is 2.59 bits per heavy atom. The van der Waals surface area contributed by atoms with Crippen molar-refractivity contribution in [1.82, 2.24) is 4.68 Å². The lowest BCUT2D eigenvalue weighted by molar-refractivity contribution is 0.840. The van der Waals surface area contributed by atoms with Gasteiger partial charge < -0.3 is 0 Å². The van der Waals surface area contributed by atoms with Crippen LogP contribution in [0.2, 0.25) is 10.0 Å². The zero-order valence-corrected chi connectivity index (χ0v) is 16.5. The zero-order chi connectivity index (χ0) is 19.2. The van der Waals surface area contributed by atoms with Crippen LogP contribution in [-0.2, 0) is 0 Å². The predicted octanol–water partition coefficient (Wildman–Crippen LogP) is 5.36. The summed E-state index contributed by atoms with van der Waals surface area (Å²) in [5.41, 5.74) is 3.22. The molecule has 1 heterocycles. The van der Waals surface area contributed by atoms with E-state index in [2.05, 4.69) is 22.7 Å². The van der Waals surface area contributed by atoms with E-state index in [0.717, 1.165) is 21.6 Å². The van der Waals surface area contributed by atoms with E-state index < -0.39 is 0 Å². The predicted molar refractivity (Wildman–Crippen MR) is 113 cm³/mol. The first-order chi connectivity index (χ1) is 13.1. The summed E-state index contributed by atoms with van der Waals surface area (Å²) in [7, 11) is 0. The lowest BCUT2D eigenvalue weighted by atomic mass is 10.2. The van der Waals surface area contributed by atoms with Crippen molar-refractivity contribution in [2.45, 2.75) is 0 Å². The third-order valence-corrected chi connectivity index (χ3v) is 5.21. The first-order valence-corrected chi connectivity index (χ1v) is 9.58. The Bertz CT molecular complexity index is 1100. The summed E-state index contributed by atoms with van der Waals surface area (Å²) >= 11 is 13.7. The molecule has 0 saturated heterocycles. The summed E-state index contributed by atoms with van der Waals surface area (Å²) in [4.78, 5) is 5.23. The smallest absolute Gasteiger partial charge is 0.206 e. The van der Waals surface area contributed by atoms with Gasteiger partial charge in [0.05, 0.1) is 40.1 Å². The van der Waals surface area contributed by atoms with Crippen molar-refractivity contribution in [3.8, 4) is 17.3 Å². The Morgan fingerprint density at radius 1 is 1.15 bits per heavy atom. The molecule has 27 heavy (non-hydrogen) atoms. The molecular weight excluding hydrogens is 399 g/mol. The molecule has 3 aromatic rings. The van der Waals surface area contributed by atoms with Crippen LogP contribution in [0.3, 0.4) is 0 Å². The Labute approximate surface area is 171 Å². The minimum Gasteiger partial charge on any atom is -0.253 e. The highest BCUT2D eigenvalue weighted by molar-refractivity contribution is 7.07. The fourth-order valence-corrected chi connectivity index (χ4v) is 3.43. The maximum atomic E-state index is 8.90. The molecule has 0 aliphatic rings. The van der Waals surface area contributed by atoms with Crippen LogP contribution in [0.1, 0.15) is 11.1 Å². The van der Waals surface area contributed by atoms with E-state index in [1.807, 2.05) is 23.6 Å². The van der Waals surface area contributed by atoms with Gasteiger partial charge in [0.2, 0.25) is 4.80 Å². The average Bonchev–Trinajstić information content (AvgIpc) is 3.10. The Kier molecular flexibility index (Phi) is 6.25. The second-order valence-electron chi connectivity index (χ2n) is 5.45. The van der Waals surface area contributed by atoms with Crippen molar-refractivity contribution in [3.63, 3.8) is 0 Å². The zero-order valence-electron chi connectivity index (χ0n) is 14.1. The fraction of sp³-hybridized carbons (Fsp3) is 0.0500. The van der Waals surface area contributed by atoms with E-state index in [4.69, 9.17) is 28.5 Å². The van der Waals surface area contributed by atoms with Gasteiger partial charge >= 0.3 is 0 Å². The second-order valence-corrected chi connectivity index (χ2v) is 7.10. The molecule has 0 amide bonds. The van der Waals surface area contributed by atoms with Crippen LogP contribution in [0.5, 0.6) is 0 Å². The Hall–Kier alpha value is -2.65. The molecule has 7 heteroatoms. The number of benzene rings is 2. The van der Waals surface area contributed by atoms with Crippen LogP contribution < -0.4 is 4.80 Å². The maximum absolute atomic E-state index is 8.90. The lowest BCUT2D eigenvalue weighted by Crippen LogP contribution is -2.12. The Balaban J connectivity index is 2.06. The van der Waals surface area contributed by atoms with E-state index in [-0.39, 0.29) is 0 Å². The van der Waals surface area contributed by atoms with Crippen molar-refractivity contribution in [2.24, 2.45) is 10.1 Å². The highest BCUT2D eigenvalue weighted by atomic mass is 35.5. The van der Waals surface area contributed by atoms with Crippen LogP contribution >= 0.6 is 34.5 Å². The standard InChI is InChI=1S/C20H14Cl2N4S/c1-2-9-24-20-26(25-12-15-5-3-14(11-23)4-6-15)19(13-27-20)16-7-8-17(21)18(22)10-16/h2-8,10,12-13H,1,9H2. The highest BCUT2D eigenvalue weighted by Crippen LogP contribution is 2.28. The SMILES string of the molecule is C=CCN=c1scc(-c2ccc(Cl)c(Cl)c2)n1N=Cc1ccc(C#N)cc1. The summed E-state index contributed by atoms with van der Waals surface area (Å²) in [5, 5.41) is 16.4. The minimum atomic E-state index is 0.479. The number of aromatic nitrogens is 1. The van der Waals surface area contributed by atoms with Crippen molar-refractivity contribution in [1.29, 1.82) is 5.26 Å². The number of nitrogens with zero attached hydrogens (tertiary/aromatic N) is 4. The molecule has 4 nitrogen and oxygen atoms in total. The molecular formula is C20H14Cl2N4S. The quantitative estimate of drug-likeness (QED) is 0.410. The number of hydrogen-bond donors (Lipinski definition) is 0. The van der Waals surface area contributed by atoms with Crippen molar-refractivity contribution < 1.29 is 0 Å². The lowest BCUT2D eigenvalue weighted by Gasteiger charge is -2.05. The molecule has 0 bridgehead atoms. The molecule has 2 aromatic carbocycles. The molecule has 0 atom stereocenters. The molecule has 0 spiro atoms. The van der Waals surface area contributed by atoms with Crippen LogP contribution in [0, 0.1) is 11.3 Å². The van der Waals surface area contributed by atoms with Gasteiger partial charge in [0.1, 0.15) is 0 Å². The van der Waals surface area contributed by atoms with E-state index in [1.165, 1.54) is 11.3 Å². The third-order valence-electron chi connectivity index (χ3n) is 3.62. The van der Waals surface area contributed by atoms with Gasteiger partial charge in [-0.15, -0.1) is 17.9 Å². The first kappa shape index (κ1) is 19.1. The van der Waals surface area contributed by atoms with Gasteiger partial charge in [-0.2, -0.15) is 10.4 Å². The monoisotopic (exact) mass is 412 g/mol. The average molecular weight is 413 g/mol. The molecule has 3 rings (SSSR count). The fourth-order valence-electron chi connectivity index (χ4n) is 2.28. The molecule has 0 fully saturated rings. The number of halogens is 2. The van der Waals surface area contributed by atoms with Gasteiger partial charge in [-0.3, -0.25) is 4.99 Å². The largest absolute Gasteiger partial charge is 0.253 e. The molecule has 0 unspecified atom stereocenters. The summed E-state index contributed by atoms with van der Waals surface area (Å²) in [6.07, 6.45) is 3.45. The van der Waals surface area contributed by atoms with Crippen LogP contribution in [-0.4, -0.2) is 17.4 Å². The van der Waals surface area contributed by atoms with Gasteiger partial charge in [0.15, 0.2) is 0 Å². The van der Waals surface area contributed by atoms with Crippen LogP contribution in [0.15, 0.2) is 70.6 Å². The molecule has 0 N–H and O–H groups in total. The summed E-state index contributed by atoms with van der Waals surface area (Å²) in [6, 6.07) is 14.7. The van der Waals surface area contributed by atoms with Crippen molar-refractivity contribution in [3.05, 3.63) is 86.5 Å². The van der Waals surface area contributed by atoms with E-state index in [9.17, 15) is 0 Å². The topological polar surface area (TPSA) is 53.4 Å². The third kappa shape index (κ3) is 4.55. The number of thiazole rings is 1. The van der Waals surface area contributed by atoms with Gasteiger partial charge in [-0.05, 0) is 29.8 Å². The molecule has 0 aliphatic heterocycles. The summed E-state index contributed by atoms with van der Waals surface area (Å²) < 4.78 is 1.76. The number of hydrogen-bond acceptors (Lipinski definition) is 4. The maximum Gasteiger partial charge on any atom is 0.206 e. The number of nitriles is 1. The normalized spacial score (nSPS) is 11.7. The summed E-state index contributed by atoms with van der Waals surface area (Å²) in [6.45, 7) is 4.20. The molecule has 1 aromatic heterocycles. The van der Waals surface area contributed by atoms with Crippen molar-refractivity contribution >= 4 is 40.8 Å². The Morgan fingerprint density at radius 2 is 1.93 bits per heavy atom. The number of rotatable bonds is 5.